The average molecular weight is 377 g/mol. The first-order valence-electron chi connectivity index (χ1n) is 9.15. The molecule has 0 unspecified atom stereocenters. The van der Waals surface area contributed by atoms with E-state index in [1.165, 1.54) is 4.57 Å². The molecule has 2 heterocycles. The number of aromatic nitrogens is 3. The van der Waals surface area contributed by atoms with Gasteiger partial charge in [0.2, 0.25) is 5.78 Å². The molecule has 6 heteroatoms. The second kappa shape index (κ2) is 7.38. The van der Waals surface area contributed by atoms with E-state index in [1.807, 2.05) is 39.8 Å². The van der Waals surface area contributed by atoms with Gasteiger partial charge in [-0.2, -0.15) is 0 Å². The number of aryl methyl sites for hydroxylation is 3. The molecule has 144 valence electrons. The highest BCUT2D eigenvalue weighted by Gasteiger charge is 2.26. The summed E-state index contributed by atoms with van der Waals surface area (Å²) in [6.07, 6.45) is 1.62. The van der Waals surface area contributed by atoms with Crippen molar-refractivity contribution in [2.45, 2.75) is 40.5 Å². The minimum absolute atomic E-state index is 0.0896. The molecule has 0 atom stereocenters. The lowest BCUT2D eigenvalue weighted by molar-refractivity contribution is 0.102. The van der Waals surface area contributed by atoms with Crippen molar-refractivity contribution < 1.29 is 4.79 Å². The standard InChI is InChI=1S/C22H23N3O3/c1-12(2)18-19(20(26)16-9-8-13(3)11-14(16)4)25(22(28)24-21(18)27)17-7-6-10-23-15(17)5/h6-12H,1-5H3,(H,24,27,28). The Hall–Kier alpha value is -3.28. The van der Waals surface area contributed by atoms with Crippen LogP contribution in [0, 0.1) is 20.8 Å². The van der Waals surface area contributed by atoms with Crippen molar-refractivity contribution in [2.24, 2.45) is 0 Å². The summed E-state index contributed by atoms with van der Waals surface area (Å²) < 4.78 is 1.28. The molecule has 0 spiro atoms. The van der Waals surface area contributed by atoms with Crippen LogP contribution in [0.25, 0.3) is 5.69 Å². The fraction of sp³-hybridized carbons (Fsp3) is 0.273. The molecule has 0 amide bonds. The van der Waals surface area contributed by atoms with E-state index < -0.39 is 11.2 Å². The van der Waals surface area contributed by atoms with Gasteiger partial charge in [0.1, 0.15) is 5.69 Å². The minimum atomic E-state index is -0.654. The maximum atomic E-state index is 13.6. The van der Waals surface area contributed by atoms with Crippen LogP contribution < -0.4 is 11.2 Å². The van der Waals surface area contributed by atoms with Crippen molar-refractivity contribution in [1.29, 1.82) is 0 Å². The van der Waals surface area contributed by atoms with Crippen LogP contribution in [0.4, 0.5) is 0 Å². The number of rotatable bonds is 4. The molecule has 0 aliphatic heterocycles. The summed E-state index contributed by atoms with van der Waals surface area (Å²) in [5, 5.41) is 0. The van der Waals surface area contributed by atoms with Gasteiger partial charge < -0.3 is 0 Å². The van der Waals surface area contributed by atoms with Gasteiger partial charge in [0, 0.05) is 17.3 Å². The zero-order valence-corrected chi connectivity index (χ0v) is 16.7. The van der Waals surface area contributed by atoms with Gasteiger partial charge in [-0.05, 0) is 44.4 Å². The van der Waals surface area contributed by atoms with Crippen molar-refractivity contribution in [3.8, 4) is 5.69 Å². The maximum absolute atomic E-state index is 13.6. The summed E-state index contributed by atoms with van der Waals surface area (Å²) in [6, 6.07) is 8.90. The summed E-state index contributed by atoms with van der Waals surface area (Å²) in [5.41, 5.74) is 2.53. The highest BCUT2D eigenvalue weighted by atomic mass is 16.2. The van der Waals surface area contributed by atoms with Crippen molar-refractivity contribution >= 4 is 5.78 Å². The summed E-state index contributed by atoms with van der Waals surface area (Å²) in [4.78, 5) is 45.6. The number of nitrogens with one attached hydrogen (secondary N) is 1. The zero-order valence-electron chi connectivity index (χ0n) is 16.7. The lowest BCUT2D eigenvalue weighted by atomic mass is 9.94. The normalized spacial score (nSPS) is 11.1. The molecule has 0 saturated carbocycles. The van der Waals surface area contributed by atoms with Gasteiger partial charge in [0.25, 0.3) is 5.56 Å². The second-order valence-corrected chi connectivity index (χ2v) is 7.27. The largest absolute Gasteiger partial charge is 0.333 e. The Bertz CT molecular complexity index is 1190. The molecule has 28 heavy (non-hydrogen) atoms. The maximum Gasteiger partial charge on any atom is 0.333 e. The van der Waals surface area contributed by atoms with Gasteiger partial charge in [0.05, 0.1) is 11.4 Å². The van der Waals surface area contributed by atoms with E-state index >= 15 is 0 Å². The third-order valence-electron chi connectivity index (χ3n) is 4.79. The van der Waals surface area contributed by atoms with Crippen molar-refractivity contribution in [3.05, 3.63) is 91.0 Å². The quantitative estimate of drug-likeness (QED) is 0.708. The lowest BCUT2D eigenvalue weighted by Gasteiger charge is -2.19. The first-order chi connectivity index (χ1) is 13.2. The molecule has 1 N–H and O–H groups in total. The van der Waals surface area contributed by atoms with E-state index in [-0.39, 0.29) is 23.0 Å². The number of carbonyl (C=O) groups excluding carboxylic acids is 1. The Kier molecular flexibility index (Phi) is 5.14. The van der Waals surface area contributed by atoms with Crippen LogP contribution in [0.1, 0.15) is 58.2 Å². The molecule has 0 fully saturated rings. The van der Waals surface area contributed by atoms with Gasteiger partial charge in [-0.3, -0.25) is 24.1 Å². The SMILES string of the molecule is Cc1ccc(C(=O)c2c(C(C)C)c(=O)[nH]c(=O)n2-c2cccnc2C)c(C)c1. The Morgan fingerprint density at radius 1 is 1.11 bits per heavy atom. The molecule has 0 saturated heterocycles. The summed E-state index contributed by atoms with van der Waals surface area (Å²) >= 11 is 0. The van der Waals surface area contributed by atoms with Gasteiger partial charge in [-0.25, -0.2) is 4.79 Å². The predicted molar refractivity (Wildman–Crippen MR) is 109 cm³/mol. The third kappa shape index (κ3) is 3.33. The molecule has 6 nitrogen and oxygen atoms in total. The number of nitrogens with zero attached hydrogens (tertiary/aromatic N) is 2. The van der Waals surface area contributed by atoms with E-state index in [1.54, 1.807) is 31.3 Å². The smallest absolute Gasteiger partial charge is 0.287 e. The number of hydrogen-bond donors (Lipinski definition) is 1. The van der Waals surface area contributed by atoms with Crippen LogP contribution in [0.5, 0.6) is 0 Å². The Morgan fingerprint density at radius 2 is 1.82 bits per heavy atom. The van der Waals surface area contributed by atoms with Gasteiger partial charge in [-0.1, -0.05) is 37.6 Å². The van der Waals surface area contributed by atoms with Gasteiger partial charge in [0.15, 0.2) is 0 Å². The highest BCUT2D eigenvalue weighted by Crippen LogP contribution is 2.23. The Labute approximate surface area is 162 Å². The van der Waals surface area contributed by atoms with Gasteiger partial charge >= 0.3 is 5.69 Å². The number of benzene rings is 1. The van der Waals surface area contributed by atoms with Crippen LogP contribution in [0.15, 0.2) is 46.1 Å². The Balaban J connectivity index is 2.44. The molecule has 0 aliphatic carbocycles. The molecule has 0 bridgehead atoms. The van der Waals surface area contributed by atoms with Crippen LogP contribution in [0.3, 0.4) is 0 Å². The van der Waals surface area contributed by atoms with E-state index in [0.717, 1.165) is 11.1 Å². The minimum Gasteiger partial charge on any atom is -0.287 e. The number of H-pyrrole nitrogens is 1. The van der Waals surface area contributed by atoms with Crippen LogP contribution >= 0.6 is 0 Å². The number of ketones is 1. The molecule has 0 aliphatic rings. The first kappa shape index (κ1) is 19.5. The van der Waals surface area contributed by atoms with E-state index in [2.05, 4.69) is 9.97 Å². The highest BCUT2D eigenvalue weighted by molar-refractivity contribution is 6.10. The monoisotopic (exact) mass is 377 g/mol. The van der Waals surface area contributed by atoms with Crippen molar-refractivity contribution in [1.82, 2.24) is 14.5 Å². The molecule has 3 aromatic rings. The second-order valence-electron chi connectivity index (χ2n) is 7.27. The van der Waals surface area contributed by atoms with Crippen LogP contribution in [0.2, 0.25) is 0 Å². The molecule has 3 rings (SSSR count). The summed E-state index contributed by atoms with van der Waals surface area (Å²) in [5.74, 6) is -0.607. The number of pyridine rings is 1. The number of aromatic amines is 1. The van der Waals surface area contributed by atoms with Crippen molar-refractivity contribution in [3.63, 3.8) is 0 Å². The third-order valence-corrected chi connectivity index (χ3v) is 4.79. The molecule has 0 radical (unpaired) electrons. The summed E-state index contributed by atoms with van der Waals surface area (Å²) in [7, 11) is 0. The Morgan fingerprint density at radius 3 is 2.43 bits per heavy atom. The number of carbonyl (C=O) groups is 1. The first-order valence-corrected chi connectivity index (χ1v) is 9.15. The summed E-state index contributed by atoms with van der Waals surface area (Å²) in [6.45, 7) is 9.21. The number of hydrogen-bond acceptors (Lipinski definition) is 4. The lowest BCUT2D eigenvalue weighted by Crippen LogP contribution is -2.37. The van der Waals surface area contributed by atoms with E-state index in [4.69, 9.17) is 0 Å². The van der Waals surface area contributed by atoms with E-state index in [0.29, 0.717) is 16.9 Å². The van der Waals surface area contributed by atoms with E-state index in [9.17, 15) is 14.4 Å². The zero-order chi connectivity index (χ0) is 20.6. The van der Waals surface area contributed by atoms with Gasteiger partial charge in [-0.15, -0.1) is 0 Å². The molecule has 1 aromatic carbocycles. The molecular weight excluding hydrogens is 354 g/mol. The average Bonchev–Trinajstić information content (AvgIpc) is 2.61. The molecular formula is C22H23N3O3. The predicted octanol–water partition coefficient (Wildman–Crippen LogP) is 3.20. The van der Waals surface area contributed by atoms with Crippen LogP contribution in [-0.4, -0.2) is 20.3 Å². The van der Waals surface area contributed by atoms with Crippen molar-refractivity contribution in [2.75, 3.05) is 0 Å². The van der Waals surface area contributed by atoms with Crippen LogP contribution in [-0.2, 0) is 0 Å². The topological polar surface area (TPSA) is 84.8 Å². The molecule has 2 aromatic heterocycles. The fourth-order valence-electron chi connectivity index (χ4n) is 3.45. The fourth-order valence-corrected chi connectivity index (χ4v) is 3.45.